The van der Waals surface area contributed by atoms with E-state index in [4.69, 9.17) is 0 Å². The van der Waals surface area contributed by atoms with Gasteiger partial charge in [-0.1, -0.05) is 22.0 Å². The molecule has 4 nitrogen and oxygen atoms in total. The van der Waals surface area contributed by atoms with Gasteiger partial charge in [0.05, 0.1) is 17.3 Å². The predicted octanol–water partition coefficient (Wildman–Crippen LogP) is 2.13. The van der Waals surface area contributed by atoms with Gasteiger partial charge >= 0.3 is 0 Å². The number of aryl methyl sites for hydroxylation is 1. The predicted molar refractivity (Wildman–Crippen MR) is 70.3 cm³/mol. The second kappa shape index (κ2) is 5.10. The van der Waals surface area contributed by atoms with E-state index in [1.165, 1.54) is 11.1 Å². The summed E-state index contributed by atoms with van der Waals surface area (Å²) in [5, 5.41) is 8.17. The Labute approximate surface area is 111 Å². The van der Waals surface area contributed by atoms with E-state index in [1.807, 2.05) is 23.6 Å². The number of benzene rings is 1. The van der Waals surface area contributed by atoms with Crippen LogP contribution in [0, 0.1) is 6.92 Å². The van der Waals surface area contributed by atoms with Gasteiger partial charge in [-0.05, 0) is 30.2 Å². The molecule has 0 aliphatic carbocycles. The van der Waals surface area contributed by atoms with Crippen molar-refractivity contribution in [2.24, 2.45) is 0 Å². The van der Waals surface area contributed by atoms with Crippen LogP contribution >= 0.6 is 15.9 Å². The minimum absolute atomic E-state index is 0.507. The van der Waals surface area contributed by atoms with Gasteiger partial charge in [0.1, 0.15) is 6.33 Å². The summed E-state index contributed by atoms with van der Waals surface area (Å²) in [5.74, 6) is 0. The van der Waals surface area contributed by atoms with Crippen LogP contribution in [0.25, 0.3) is 0 Å². The van der Waals surface area contributed by atoms with Crippen molar-refractivity contribution in [3.8, 4) is 0 Å². The zero-order valence-electron chi connectivity index (χ0n) is 9.55. The van der Waals surface area contributed by atoms with Crippen LogP contribution in [0.15, 0.2) is 34.2 Å². The molecule has 0 aliphatic rings. The monoisotopic (exact) mass is 313 g/mol. The molecule has 0 radical (unpaired) electrons. The molecule has 1 heterocycles. The molecule has 90 valence electrons. The van der Waals surface area contributed by atoms with Crippen molar-refractivity contribution in [2.45, 2.75) is 18.6 Å². The summed E-state index contributed by atoms with van der Waals surface area (Å²) < 4.78 is 14.3. The third-order valence-corrected chi connectivity index (χ3v) is 3.81. The van der Waals surface area contributed by atoms with Gasteiger partial charge in [0.2, 0.25) is 5.16 Å². The maximum absolute atomic E-state index is 11.4. The molecule has 0 unspecified atom stereocenters. The Balaban J connectivity index is 2.31. The van der Waals surface area contributed by atoms with Crippen LogP contribution < -0.4 is 0 Å². The lowest BCUT2D eigenvalue weighted by atomic mass is 10.1. The molecule has 0 N–H and O–H groups in total. The Kier molecular flexibility index (Phi) is 3.73. The van der Waals surface area contributed by atoms with Crippen molar-refractivity contribution in [3.63, 3.8) is 0 Å². The lowest BCUT2D eigenvalue weighted by Crippen LogP contribution is -2.06. The number of hydrogen-bond donors (Lipinski definition) is 0. The Morgan fingerprint density at radius 1 is 1.47 bits per heavy atom. The summed E-state index contributed by atoms with van der Waals surface area (Å²) in [7, 11) is -1.11. The molecule has 6 heteroatoms. The molecular weight excluding hydrogens is 302 g/mol. The highest BCUT2D eigenvalue weighted by molar-refractivity contribution is 9.10. The first-order valence-corrected chi connectivity index (χ1v) is 7.39. The average Bonchev–Trinajstić information content (AvgIpc) is 2.70. The van der Waals surface area contributed by atoms with Gasteiger partial charge in [0, 0.05) is 10.7 Å². The summed E-state index contributed by atoms with van der Waals surface area (Å²) >= 11 is 3.43. The smallest absolute Gasteiger partial charge is 0.221 e. The molecule has 2 aromatic rings. The summed E-state index contributed by atoms with van der Waals surface area (Å²) in [4.78, 5) is 0. The largest absolute Gasteiger partial charge is 0.302 e. The minimum Gasteiger partial charge on any atom is -0.302 e. The second-order valence-corrected chi connectivity index (χ2v) is 5.96. The van der Waals surface area contributed by atoms with E-state index >= 15 is 0 Å². The van der Waals surface area contributed by atoms with E-state index in [2.05, 4.69) is 32.2 Å². The first-order valence-electron chi connectivity index (χ1n) is 5.04. The molecule has 0 spiro atoms. The van der Waals surface area contributed by atoms with E-state index in [1.54, 1.807) is 12.6 Å². The number of aromatic nitrogens is 3. The Morgan fingerprint density at radius 3 is 2.88 bits per heavy atom. The molecule has 0 saturated carbocycles. The Bertz CT molecular complexity index is 568. The van der Waals surface area contributed by atoms with Crippen LogP contribution in [0.1, 0.15) is 11.1 Å². The van der Waals surface area contributed by atoms with Gasteiger partial charge in [-0.2, -0.15) is 0 Å². The first-order chi connectivity index (χ1) is 8.08. The molecule has 0 fully saturated rings. The van der Waals surface area contributed by atoms with Crippen molar-refractivity contribution in [3.05, 3.63) is 40.1 Å². The molecule has 0 saturated heterocycles. The van der Waals surface area contributed by atoms with Crippen molar-refractivity contribution in [2.75, 3.05) is 6.26 Å². The number of hydrogen-bond acceptors (Lipinski definition) is 3. The average molecular weight is 314 g/mol. The summed E-state index contributed by atoms with van der Waals surface area (Å²) in [6, 6.07) is 6.10. The standard InChI is InChI=1S/C11H12BrN3OS/c1-8-5-10(12)4-3-9(8)6-15-7-13-14-11(15)17(2)16/h3-5,7H,6H2,1-2H3/t17-/m1/s1. The Morgan fingerprint density at radius 2 is 2.24 bits per heavy atom. The number of rotatable bonds is 3. The van der Waals surface area contributed by atoms with Crippen LogP contribution in [0.4, 0.5) is 0 Å². The highest BCUT2D eigenvalue weighted by atomic mass is 79.9. The maximum Gasteiger partial charge on any atom is 0.221 e. The van der Waals surface area contributed by atoms with Crippen LogP contribution in [0.2, 0.25) is 0 Å². The number of nitrogens with zero attached hydrogens (tertiary/aromatic N) is 3. The minimum atomic E-state index is -1.11. The quantitative estimate of drug-likeness (QED) is 0.872. The van der Waals surface area contributed by atoms with E-state index < -0.39 is 10.8 Å². The molecule has 17 heavy (non-hydrogen) atoms. The molecule has 1 atom stereocenters. The van der Waals surface area contributed by atoms with E-state index in [0.717, 1.165) is 4.47 Å². The topological polar surface area (TPSA) is 47.8 Å². The van der Waals surface area contributed by atoms with Crippen molar-refractivity contribution in [1.29, 1.82) is 0 Å². The van der Waals surface area contributed by atoms with E-state index in [-0.39, 0.29) is 0 Å². The normalized spacial score (nSPS) is 12.6. The van der Waals surface area contributed by atoms with Crippen LogP contribution in [-0.4, -0.2) is 25.2 Å². The lowest BCUT2D eigenvalue weighted by molar-refractivity contribution is 0.652. The van der Waals surface area contributed by atoms with Gasteiger partial charge in [0.15, 0.2) is 0 Å². The fourth-order valence-electron chi connectivity index (χ4n) is 1.60. The summed E-state index contributed by atoms with van der Waals surface area (Å²) in [6.07, 6.45) is 3.22. The van der Waals surface area contributed by atoms with Crippen molar-refractivity contribution >= 4 is 26.7 Å². The zero-order valence-corrected chi connectivity index (χ0v) is 12.0. The molecule has 1 aromatic carbocycles. The molecule has 0 bridgehead atoms. The van der Waals surface area contributed by atoms with Gasteiger partial charge < -0.3 is 4.57 Å². The SMILES string of the molecule is Cc1cc(Br)ccc1Cn1cnnc1[S@@](C)=O. The van der Waals surface area contributed by atoms with Gasteiger partial charge in [-0.3, -0.25) is 4.21 Å². The Hall–Kier alpha value is -1.01. The molecule has 1 aromatic heterocycles. The summed E-state index contributed by atoms with van der Waals surface area (Å²) in [5.41, 5.74) is 2.35. The third-order valence-electron chi connectivity index (χ3n) is 2.48. The molecule has 0 amide bonds. The fraction of sp³-hybridized carbons (Fsp3) is 0.273. The second-order valence-electron chi connectivity index (χ2n) is 3.77. The highest BCUT2D eigenvalue weighted by Gasteiger charge is 2.09. The van der Waals surface area contributed by atoms with E-state index in [9.17, 15) is 4.21 Å². The van der Waals surface area contributed by atoms with E-state index in [0.29, 0.717) is 11.7 Å². The van der Waals surface area contributed by atoms with Crippen LogP contribution in [-0.2, 0) is 17.3 Å². The lowest BCUT2D eigenvalue weighted by Gasteiger charge is -2.08. The van der Waals surface area contributed by atoms with Crippen LogP contribution in [0.5, 0.6) is 0 Å². The van der Waals surface area contributed by atoms with Crippen LogP contribution in [0.3, 0.4) is 0 Å². The molecular formula is C11H12BrN3OS. The van der Waals surface area contributed by atoms with Gasteiger partial charge in [-0.25, -0.2) is 0 Å². The van der Waals surface area contributed by atoms with Crippen molar-refractivity contribution < 1.29 is 4.21 Å². The number of halogens is 1. The zero-order chi connectivity index (χ0) is 12.4. The van der Waals surface area contributed by atoms with Gasteiger partial charge in [0.25, 0.3) is 0 Å². The maximum atomic E-state index is 11.4. The first kappa shape index (κ1) is 12.4. The van der Waals surface area contributed by atoms with Gasteiger partial charge in [-0.15, -0.1) is 10.2 Å². The third kappa shape index (κ3) is 2.81. The summed E-state index contributed by atoms with van der Waals surface area (Å²) in [6.45, 7) is 2.69. The highest BCUT2D eigenvalue weighted by Crippen LogP contribution is 2.17. The van der Waals surface area contributed by atoms with Crippen molar-refractivity contribution in [1.82, 2.24) is 14.8 Å². The fourth-order valence-corrected chi connectivity index (χ4v) is 2.68. The molecule has 0 aliphatic heterocycles. The molecule has 2 rings (SSSR count).